The summed E-state index contributed by atoms with van der Waals surface area (Å²) in [7, 11) is 0. The van der Waals surface area contributed by atoms with Gasteiger partial charge in [0, 0.05) is 31.3 Å². The van der Waals surface area contributed by atoms with Crippen LogP contribution in [-0.4, -0.2) is 42.3 Å². The number of H-pyrrole nitrogens is 1. The highest BCUT2D eigenvalue weighted by Gasteiger charge is 2.30. The standard InChI is InChI=1S/C16H16N6O/c23-16(12-5-4-11-14(21-12)18-7-6-17-11)22-10-2-1-3-13(22)15-19-8-9-20-15/h4-9,13H,1-3,10H2,(H,19,20). The number of piperidine rings is 1. The minimum absolute atomic E-state index is 0.0226. The number of amides is 1. The topological polar surface area (TPSA) is 87.7 Å². The van der Waals surface area contributed by atoms with Crippen LogP contribution in [-0.2, 0) is 0 Å². The van der Waals surface area contributed by atoms with Crippen LogP contribution in [0.1, 0.15) is 41.6 Å². The van der Waals surface area contributed by atoms with E-state index < -0.39 is 0 Å². The van der Waals surface area contributed by atoms with Crippen LogP contribution in [0, 0.1) is 0 Å². The number of aromatic nitrogens is 5. The van der Waals surface area contributed by atoms with Gasteiger partial charge in [0.05, 0.1) is 6.04 Å². The van der Waals surface area contributed by atoms with Crippen molar-refractivity contribution in [3.05, 3.63) is 48.4 Å². The van der Waals surface area contributed by atoms with Gasteiger partial charge < -0.3 is 9.88 Å². The molecule has 3 aromatic rings. The van der Waals surface area contributed by atoms with Crippen molar-refractivity contribution in [2.45, 2.75) is 25.3 Å². The molecule has 0 spiro atoms. The van der Waals surface area contributed by atoms with Crippen molar-refractivity contribution in [2.75, 3.05) is 6.54 Å². The Balaban J connectivity index is 1.67. The highest BCUT2D eigenvalue weighted by atomic mass is 16.2. The predicted molar refractivity (Wildman–Crippen MR) is 83.5 cm³/mol. The fourth-order valence-electron chi connectivity index (χ4n) is 3.04. The second-order valence-corrected chi connectivity index (χ2v) is 5.58. The highest BCUT2D eigenvalue weighted by Crippen LogP contribution is 2.30. The zero-order valence-corrected chi connectivity index (χ0v) is 12.5. The zero-order valence-electron chi connectivity index (χ0n) is 12.5. The zero-order chi connectivity index (χ0) is 15.6. The Morgan fingerprint density at radius 3 is 2.91 bits per heavy atom. The van der Waals surface area contributed by atoms with Crippen LogP contribution in [0.5, 0.6) is 0 Å². The van der Waals surface area contributed by atoms with Gasteiger partial charge in [-0.05, 0) is 31.4 Å². The molecule has 1 amide bonds. The molecular weight excluding hydrogens is 292 g/mol. The average molecular weight is 308 g/mol. The Bertz CT molecular complexity index is 831. The van der Waals surface area contributed by atoms with E-state index in [2.05, 4.69) is 24.9 Å². The minimum Gasteiger partial charge on any atom is -0.347 e. The molecule has 23 heavy (non-hydrogen) atoms. The molecule has 7 heteroatoms. The summed E-state index contributed by atoms with van der Waals surface area (Å²) in [5.74, 6) is 0.747. The Kier molecular flexibility index (Phi) is 3.45. The number of pyridine rings is 1. The summed E-state index contributed by atoms with van der Waals surface area (Å²) < 4.78 is 0. The number of fused-ring (bicyclic) bond motifs is 1. The maximum Gasteiger partial charge on any atom is 0.273 e. The van der Waals surface area contributed by atoms with Crippen molar-refractivity contribution >= 4 is 17.1 Å². The molecule has 0 aromatic carbocycles. The molecule has 1 N–H and O–H groups in total. The average Bonchev–Trinajstić information content (AvgIpc) is 3.15. The first-order valence-corrected chi connectivity index (χ1v) is 7.71. The maximum atomic E-state index is 12.9. The summed E-state index contributed by atoms with van der Waals surface area (Å²) in [5, 5.41) is 0. The van der Waals surface area contributed by atoms with Crippen LogP contribution >= 0.6 is 0 Å². The monoisotopic (exact) mass is 308 g/mol. The van der Waals surface area contributed by atoms with Gasteiger partial charge in [-0.3, -0.25) is 9.78 Å². The smallest absolute Gasteiger partial charge is 0.273 e. The van der Waals surface area contributed by atoms with Gasteiger partial charge in [0.25, 0.3) is 5.91 Å². The molecule has 0 aliphatic carbocycles. The number of carbonyl (C=O) groups excluding carboxylic acids is 1. The number of nitrogens with one attached hydrogen (secondary N) is 1. The van der Waals surface area contributed by atoms with Crippen molar-refractivity contribution in [1.29, 1.82) is 0 Å². The molecule has 1 fully saturated rings. The van der Waals surface area contributed by atoms with Gasteiger partial charge in [-0.15, -0.1) is 0 Å². The molecule has 7 nitrogen and oxygen atoms in total. The highest BCUT2D eigenvalue weighted by molar-refractivity contribution is 5.94. The molecule has 0 radical (unpaired) electrons. The van der Waals surface area contributed by atoms with Gasteiger partial charge in [-0.25, -0.2) is 15.0 Å². The molecule has 3 aromatic heterocycles. The van der Waals surface area contributed by atoms with Crippen LogP contribution in [0.15, 0.2) is 36.9 Å². The lowest BCUT2D eigenvalue weighted by atomic mass is 10.0. The maximum absolute atomic E-state index is 12.9. The number of hydrogen-bond acceptors (Lipinski definition) is 5. The lowest BCUT2D eigenvalue weighted by molar-refractivity contribution is 0.0595. The molecule has 4 heterocycles. The fraction of sp³-hybridized carbons (Fsp3) is 0.312. The van der Waals surface area contributed by atoms with Crippen LogP contribution in [0.25, 0.3) is 11.2 Å². The van der Waals surface area contributed by atoms with Crippen molar-refractivity contribution < 1.29 is 4.79 Å². The first kappa shape index (κ1) is 13.8. The van der Waals surface area contributed by atoms with E-state index >= 15 is 0 Å². The summed E-state index contributed by atoms with van der Waals surface area (Å²) in [6.07, 6.45) is 9.70. The Morgan fingerprint density at radius 2 is 2.04 bits per heavy atom. The van der Waals surface area contributed by atoms with Gasteiger partial charge in [-0.2, -0.15) is 0 Å². The van der Waals surface area contributed by atoms with Crippen molar-refractivity contribution in [3.8, 4) is 0 Å². The summed E-state index contributed by atoms with van der Waals surface area (Å²) >= 11 is 0. The second kappa shape index (κ2) is 5.75. The van der Waals surface area contributed by atoms with E-state index in [-0.39, 0.29) is 11.9 Å². The van der Waals surface area contributed by atoms with Gasteiger partial charge in [0.15, 0.2) is 5.65 Å². The van der Waals surface area contributed by atoms with Crippen LogP contribution in [0.2, 0.25) is 0 Å². The number of likely N-dealkylation sites (tertiary alicyclic amines) is 1. The van der Waals surface area contributed by atoms with E-state index in [4.69, 9.17) is 0 Å². The molecule has 4 rings (SSSR count). The molecule has 0 saturated carbocycles. The third kappa shape index (κ3) is 2.54. The minimum atomic E-state index is -0.0846. The molecule has 116 valence electrons. The molecule has 0 bridgehead atoms. The summed E-state index contributed by atoms with van der Waals surface area (Å²) in [6, 6.07) is 3.48. The lowest BCUT2D eigenvalue weighted by Crippen LogP contribution is -2.39. The molecule has 1 unspecified atom stereocenters. The molecule has 1 atom stereocenters. The van der Waals surface area contributed by atoms with E-state index in [0.717, 1.165) is 25.1 Å². The van der Waals surface area contributed by atoms with Gasteiger partial charge in [0.2, 0.25) is 0 Å². The van der Waals surface area contributed by atoms with Gasteiger partial charge in [0.1, 0.15) is 17.0 Å². The Morgan fingerprint density at radius 1 is 1.13 bits per heavy atom. The number of rotatable bonds is 2. The van der Waals surface area contributed by atoms with Crippen molar-refractivity contribution in [2.24, 2.45) is 0 Å². The van der Waals surface area contributed by atoms with Gasteiger partial charge >= 0.3 is 0 Å². The lowest BCUT2D eigenvalue weighted by Gasteiger charge is -2.34. The van der Waals surface area contributed by atoms with E-state index in [0.29, 0.717) is 23.4 Å². The van der Waals surface area contributed by atoms with E-state index in [1.54, 1.807) is 36.9 Å². The number of aromatic amines is 1. The van der Waals surface area contributed by atoms with Crippen LogP contribution in [0.3, 0.4) is 0 Å². The third-order valence-electron chi connectivity index (χ3n) is 4.15. The fourth-order valence-corrected chi connectivity index (χ4v) is 3.04. The Labute approximate surface area is 132 Å². The first-order valence-electron chi connectivity index (χ1n) is 7.71. The summed E-state index contributed by atoms with van der Waals surface area (Å²) in [6.45, 7) is 0.713. The molecule has 1 aliphatic heterocycles. The third-order valence-corrected chi connectivity index (χ3v) is 4.15. The van der Waals surface area contributed by atoms with Crippen LogP contribution < -0.4 is 0 Å². The predicted octanol–water partition coefficient (Wildman–Crippen LogP) is 2.12. The van der Waals surface area contributed by atoms with Crippen molar-refractivity contribution in [1.82, 2.24) is 29.8 Å². The summed E-state index contributed by atoms with van der Waals surface area (Å²) in [4.78, 5) is 35.0. The summed E-state index contributed by atoms with van der Waals surface area (Å²) in [5.41, 5.74) is 1.58. The molecule has 1 saturated heterocycles. The Hall–Kier alpha value is -2.83. The molecular formula is C16H16N6O. The first-order chi connectivity index (χ1) is 11.3. The SMILES string of the molecule is O=C(c1ccc2nccnc2n1)N1CCCCC1c1ncc[nH]1. The quantitative estimate of drug-likeness (QED) is 0.783. The molecule has 1 aliphatic rings. The van der Waals surface area contributed by atoms with Crippen molar-refractivity contribution in [3.63, 3.8) is 0 Å². The number of hydrogen-bond donors (Lipinski definition) is 1. The van der Waals surface area contributed by atoms with E-state index in [1.165, 1.54) is 0 Å². The number of nitrogens with zero attached hydrogens (tertiary/aromatic N) is 5. The normalized spacial score (nSPS) is 18.3. The number of imidazole rings is 1. The van der Waals surface area contributed by atoms with E-state index in [1.807, 2.05) is 4.90 Å². The van der Waals surface area contributed by atoms with Gasteiger partial charge in [-0.1, -0.05) is 0 Å². The number of carbonyl (C=O) groups is 1. The largest absolute Gasteiger partial charge is 0.347 e. The second-order valence-electron chi connectivity index (χ2n) is 5.58. The van der Waals surface area contributed by atoms with E-state index in [9.17, 15) is 4.79 Å². The van der Waals surface area contributed by atoms with Crippen LogP contribution in [0.4, 0.5) is 0 Å².